The summed E-state index contributed by atoms with van der Waals surface area (Å²) in [5, 5.41) is 7.56. The topological polar surface area (TPSA) is 122 Å². The summed E-state index contributed by atoms with van der Waals surface area (Å²) in [6.07, 6.45) is 0.886. The first-order chi connectivity index (χ1) is 21.5. The minimum Gasteiger partial charge on any atom is -0.497 e. The summed E-state index contributed by atoms with van der Waals surface area (Å²) in [5.41, 5.74) is 1.71. The monoisotopic (exact) mass is 697 g/mol. The molecule has 1 heterocycles. The van der Waals surface area contributed by atoms with Gasteiger partial charge in [-0.05, 0) is 36.4 Å². The van der Waals surface area contributed by atoms with E-state index in [2.05, 4.69) is 15.6 Å². The lowest BCUT2D eigenvalue weighted by Gasteiger charge is -2.25. The molecular weight excluding hydrogens is 668 g/mol. The molecule has 4 rings (SSSR count). The van der Waals surface area contributed by atoms with Crippen LogP contribution in [0.3, 0.4) is 0 Å². The molecule has 0 aliphatic rings. The molecule has 0 aliphatic heterocycles. The maximum atomic E-state index is 15.8. The van der Waals surface area contributed by atoms with Crippen molar-refractivity contribution in [3.63, 3.8) is 0 Å². The quantitative estimate of drug-likeness (QED) is 0.160. The molecule has 0 atom stereocenters. The van der Waals surface area contributed by atoms with E-state index in [1.54, 1.807) is 53.7 Å². The van der Waals surface area contributed by atoms with Gasteiger partial charge in [0.05, 0.1) is 49.4 Å². The summed E-state index contributed by atoms with van der Waals surface area (Å²) >= 11 is 13.9. The molecule has 3 aromatic carbocycles. The SMILES string of the molecule is CNC(=O)OCCN(C)c1cc(Cl)ccc1Nc1cc(F)c(S(=O)(=O)N(Cc2ccc(OC)cc2OC)c2nccs2)cc1Cl. The third-order valence-electron chi connectivity index (χ3n) is 6.53. The van der Waals surface area contributed by atoms with Crippen LogP contribution in [0.1, 0.15) is 5.56 Å². The zero-order valence-corrected chi connectivity index (χ0v) is 27.8. The maximum absolute atomic E-state index is 15.8. The Labute approximate surface area is 274 Å². The summed E-state index contributed by atoms with van der Waals surface area (Å²) < 4.78 is 60.5. The Balaban J connectivity index is 1.66. The second kappa shape index (κ2) is 14.9. The molecular formula is C29H30Cl2FN5O6S2. The van der Waals surface area contributed by atoms with Crippen molar-refractivity contribution < 1.29 is 31.8 Å². The van der Waals surface area contributed by atoms with Gasteiger partial charge in [-0.3, -0.25) is 0 Å². The van der Waals surface area contributed by atoms with E-state index in [9.17, 15) is 13.2 Å². The van der Waals surface area contributed by atoms with Gasteiger partial charge in [0, 0.05) is 48.4 Å². The van der Waals surface area contributed by atoms with Gasteiger partial charge in [-0.25, -0.2) is 26.9 Å². The van der Waals surface area contributed by atoms with Crippen LogP contribution in [0.2, 0.25) is 10.0 Å². The third-order valence-corrected chi connectivity index (χ3v) is 9.74. The lowest BCUT2D eigenvalue weighted by Crippen LogP contribution is -2.31. The van der Waals surface area contributed by atoms with Gasteiger partial charge in [-0.15, -0.1) is 11.3 Å². The largest absolute Gasteiger partial charge is 0.497 e. The number of rotatable bonds is 13. The number of aromatic nitrogens is 1. The van der Waals surface area contributed by atoms with Crippen molar-refractivity contribution >= 4 is 72.8 Å². The molecule has 2 N–H and O–H groups in total. The standard InChI is InChI=1S/C29H30Cl2FN5O6S2/c1-33-29(38)43-11-10-36(2)25-13-19(30)6-8-23(25)35-24-16-22(32)27(15-21(24)31)45(39,40)37(28-34-9-12-44-28)17-18-5-7-20(41-3)14-26(18)42-4/h5-9,12-16,35H,10-11,17H2,1-4H3,(H,33,38). The Morgan fingerprint density at radius 2 is 1.84 bits per heavy atom. The fraction of sp³-hybridized carbons (Fsp3) is 0.241. The second-order valence-electron chi connectivity index (χ2n) is 9.36. The van der Waals surface area contributed by atoms with E-state index >= 15 is 4.39 Å². The van der Waals surface area contributed by atoms with E-state index in [4.69, 9.17) is 37.4 Å². The second-order valence-corrected chi connectivity index (χ2v) is 12.9. The van der Waals surface area contributed by atoms with Crippen molar-refractivity contribution in [2.75, 3.05) is 56.0 Å². The zero-order valence-electron chi connectivity index (χ0n) is 24.6. The van der Waals surface area contributed by atoms with Crippen LogP contribution in [0.5, 0.6) is 11.5 Å². The highest BCUT2D eigenvalue weighted by Gasteiger charge is 2.32. The smallest absolute Gasteiger partial charge is 0.406 e. The number of likely N-dealkylation sites (N-methyl/N-ethyl adjacent to an activating group) is 1. The third kappa shape index (κ3) is 8.00. The predicted octanol–water partition coefficient (Wildman–Crippen LogP) is 6.54. The van der Waals surface area contributed by atoms with E-state index < -0.39 is 26.8 Å². The number of nitrogens with zero attached hydrogens (tertiary/aromatic N) is 3. The van der Waals surface area contributed by atoms with Crippen LogP contribution in [0.15, 0.2) is 65.0 Å². The zero-order chi connectivity index (χ0) is 32.7. The van der Waals surface area contributed by atoms with Crippen LogP contribution in [0.25, 0.3) is 0 Å². The van der Waals surface area contributed by atoms with E-state index in [1.807, 2.05) is 0 Å². The Kier molecular flexibility index (Phi) is 11.2. The van der Waals surface area contributed by atoms with Crippen molar-refractivity contribution in [2.24, 2.45) is 0 Å². The molecule has 0 radical (unpaired) electrons. The number of nitrogens with one attached hydrogen (secondary N) is 2. The Bertz CT molecular complexity index is 1760. The first kappa shape index (κ1) is 33.9. The van der Waals surface area contributed by atoms with Crippen LogP contribution in [-0.2, 0) is 21.3 Å². The number of benzene rings is 3. The number of sulfonamides is 1. The molecule has 11 nitrogen and oxygen atoms in total. The Morgan fingerprint density at radius 1 is 1.07 bits per heavy atom. The molecule has 0 fully saturated rings. The summed E-state index contributed by atoms with van der Waals surface area (Å²) in [4.78, 5) is 16.7. The van der Waals surface area contributed by atoms with Crippen LogP contribution in [0, 0.1) is 5.82 Å². The average Bonchev–Trinajstić information content (AvgIpc) is 3.56. The molecule has 0 bridgehead atoms. The molecule has 0 unspecified atom stereocenters. The molecule has 0 spiro atoms. The number of ether oxygens (including phenoxy) is 3. The lowest BCUT2D eigenvalue weighted by molar-refractivity contribution is 0.151. The van der Waals surface area contributed by atoms with Crippen LogP contribution in [0.4, 0.5) is 31.4 Å². The van der Waals surface area contributed by atoms with Gasteiger partial charge in [0.25, 0.3) is 10.0 Å². The van der Waals surface area contributed by atoms with Crippen molar-refractivity contribution in [1.82, 2.24) is 10.3 Å². The Morgan fingerprint density at radius 3 is 2.51 bits per heavy atom. The molecule has 1 amide bonds. The highest BCUT2D eigenvalue weighted by atomic mass is 35.5. The average molecular weight is 699 g/mol. The Hall–Kier alpha value is -3.98. The van der Waals surface area contributed by atoms with Crippen molar-refractivity contribution in [3.8, 4) is 11.5 Å². The number of carbonyl (C=O) groups is 1. The summed E-state index contributed by atoms with van der Waals surface area (Å²) in [6.45, 7) is 0.194. The van der Waals surface area contributed by atoms with Crippen molar-refractivity contribution in [3.05, 3.63) is 81.5 Å². The normalized spacial score (nSPS) is 11.1. The van der Waals surface area contributed by atoms with Gasteiger partial charge in [0.15, 0.2) is 5.13 Å². The summed E-state index contributed by atoms with van der Waals surface area (Å²) in [5.74, 6) is -0.131. The number of alkyl carbamates (subject to hydrolysis) is 1. The van der Waals surface area contributed by atoms with Gasteiger partial charge >= 0.3 is 6.09 Å². The minimum absolute atomic E-state index is 0.0532. The molecule has 45 heavy (non-hydrogen) atoms. The molecule has 1 aromatic heterocycles. The maximum Gasteiger partial charge on any atom is 0.406 e. The molecule has 0 saturated heterocycles. The number of anilines is 4. The fourth-order valence-electron chi connectivity index (χ4n) is 4.21. The van der Waals surface area contributed by atoms with E-state index in [1.165, 1.54) is 27.5 Å². The van der Waals surface area contributed by atoms with Gasteiger partial charge in [-0.2, -0.15) is 0 Å². The molecule has 0 saturated carbocycles. The van der Waals surface area contributed by atoms with Crippen LogP contribution < -0.4 is 29.3 Å². The molecule has 0 aliphatic carbocycles. The number of hydrogen-bond acceptors (Lipinski definition) is 10. The number of amides is 1. The number of halogens is 3. The van der Waals surface area contributed by atoms with Gasteiger partial charge in [-0.1, -0.05) is 23.2 Å². The van der Waals surface area contributed by atoms with E-state index in [0.29, 0.717) is 40.0 Å². The molecule has 240 valence electrons. The highest BCUT2D eigenvalue weighted by molar-refractivity contribution is 7.93. The number of thiazole rings is 1. The van der Waals surface area contributed by atoms with Gasteiger partial charge in [0.2, 0.25) is 0 Å². The number of carbonyl (C=O) groups excluding carboxylic acids is 1. The number of hydrogen-bond donors (Lipinski definition) is 2. The fourth-order valence-corrected chi connectivity index (χ4v) is 7.00. The predicted molar refractivity (Wildman–Crippen MR) is 175 cm³/mol. The minimum atomic E-state index is -4.52. The summed E-state index contributed by atoms with van der Waals surface area (Å²) in [7, 11) is 1.65. The van der Waals surface area contributed by atoms with Crippen LogP contribution in [-0.4, -0.2) is 61.0 Å². The van der Waals surface area contributed by atoms with Crippen LogP contribution >= 0.6 is 34.5 Å². The molecule has 16 heteroatoms. The highest BCUT2D eigenvalue weighted by Crippen LogP contribution is 2.38. The van der Waals surface area contributed by atoms with Gasteiger partial charge in [0.1, 0.15) is 28.8 Å². The van der Waals surface area contributed by atoms with E-state index in [0.717, 1.165) is 27.8 Å². The lowest BCUT2D eigenvalue weighted by atomic mass is 10.2. The van der Waals surface area contributed by atoms with Gasteiger partial charge < -0.3 is 29.7 Å². The molecule has 4 aromatic rings. The van der Waals surface area contributed by atoms with Crippen molar-refractivity contribution in [1.29, 1.82) is 0 Å². The first-order valence-corrected chi connectivity index (χ1v) is 16.3. The first-order valence-electron chi connectivity index (χ1n) is 13.2. The number of methoxy groups -OCH3 is 2. The summed E-state index contributed by atoms with van der Waals surface area (Å²) in [6, 6.07) is 12.0. The van der Waals surface area contributed by atoms with E-state index in [-0.39, 0.29) is 29.0 Å². The van der Waals surface area contributed by atoms with Crippen molar-refractivity contribution in [2.45, 2.75) is 11.4 Å².